The molecule has 1 atom stereocenters. The summed E-state index contributed by atoms with van der Waals surface area (Å²) in [4.78, 5) is 31.4. The maximum absolute atomic E-state index is 14.2. The Morgan fingerprint density at radius 3 is 2.10 bits per heavy atom. The van der Waals surface area contributed by atoms with E-state index < -0.39 is 6.04 Å². The van der Waals surface area contributed by atoms with E-state index in [0.29, 0.717) is 36.0 Å². The molecule has 8 heteroatoms. The zero-order chi connectivity index (χ0) is 27.9. The second kappa shape index (κ2) is 13.1. The third-order valence-electron chi connectivity index (χ3n) is 7.68. The van der Waals surface area contributed by atoms with Gasteiger partial charge in [0.1, 0.15) is 12.6 Å². The van der Waals surface area contributed by atoms with Crippen molar-refractivity contribution in [3.8, 4) is 23.0 Å². The van der Waals surface area contributed by atoms with Crippen LogP contribution in [0.5, 0.6) is 23.0 Å². The van der Waals surface area contributed by atoms with E-state index >= 15 is 0 Å². The van der Waals surface area contributed by atoms with Crippen molar-refractivity contribution in [2.75, 3.05) is 34.4 Å². The molecular formula is C31H42N2O6. The van der Waals surface area contributed by atoms with Gasteiger partial charge in [-0.1, -0.05) is 37.8 Å². The van der Waals surface area contributed by atoms with Gasteiger partial charge in [0, 0.05) is 12.6 Å². The van der Waals surface area contributed by atoms with E-state index in [2.05, 4.69) is 0 Å². The van der Waals surface area contributed by atoms with Gasteiger partial charge in [0.2, 0.25) is 5.91 Å². The van der Waals surface area contributed by atoms with Crippen molar-refractivity contribution in [2.24, 2.45) is 0 Å². The lowest BCUT2D eigenvalue weighted by molar-refractivity contribution is -0.158. The monoisotopic (exact) mass is 538 g/mol. The van der Waals surface area contributed by atoms with Crippen LogP contribution in [0.3, 0.4) is 0 Å². The minimum absolute atomic E-state index is 0.0200. The lowest BCUT2D eigenvalue weighted by Gasteiger charge is -2.43. The summed E-state index contributed by atoms with van der Waals surface area (Å²) < 4.78 is 22.4. The lowest BCUT2D eigenvalue weighted by Crippen LogP contribution is -2.58. The summed E-state index contributed by atoms with van der Waals surface area (Å²) in [5.41, 5.74) is 1.73. The summed E-state index contributed by atoms with van der Waals surface area (Å²) in [6, 6.07) is 10.7. The Hall–Kier alpha value is -3.42. The topological polar surface area (TPSA) is 77.5 Å². The fraction of sp³-hybridized carbons (Fsp3) is 0.548. The smallest absolute Gasteiger partial charge is 0.250 e. The maximum atomic E-state index is 14.2. The molecule has 212 valence electrons. The molecule has 0 spiro atoms. The van der Waals surface area contributed by atoms with Gasteiger partial charge in [0.25, 0.3) is 5.91 Å². The number of nitrogens with zero attached hydrogens (tertiary/aromatic N) is 2. The molecule has 2 fully saturated rings. The fourth-order valence-electron chi connectivity index (χ4n) is 5.69. The number of benzene rings is 2. The Morgan fingerprint density at radius 2 is 1.46 bits per heavy atom. The first-order chi connectivity index (χ1) is 18.9. The highest BCUT2D eigenvalue weighted by Gasteiger charge is 2.43. The van der Waals surface area contributed by atoms with Gasteiger partial charge in [-0.05, 0) is 68.5 Å². The standard InChI is InChI=1S/C31H42N2O6/c1-21(2)39-26-15-13-23(19-28(26)38-5)30-31(35)33(24-10-8-6-7-9-11-24)20-29(34)32(30)17-16-22-12-14-25(36-3)27(18-22)37-4/h12-15,18-19,21,24,30H,6-11,16-17,20H2,1-5H3/t30-/m0/s1. The third-order valence-corrected chi connectivity index (χ3v) is 7.68. The number of methoxy groups -OCH3 is 3. The first-order valence-electron chi connectivity index (χ1n) is 14.0. The number of carbonyl (C=O) groups excluding carboxylic acids is 2. The largest absolute Gasteiger partial charge is 0.493 e. The number of ether oxygens (including phenoxy) is 4. The first kappa shape index (κ1) is 28.6. The SMILES string of the molecule is COc1ccc(CCN2C(=O)CN(C3CCCCCC3)C(=O)[C@@H]2c2ccc(OC(C)C)c(OC)c2)cc1OC. The Balaban J connectivity index is 1.66. The van der Waals surface area contributed by atoms with Crippen molar-refractivity contribution in [3.63, 3.8) is 0 Å². The second-order valence-electron chi connectivity index (χ2n) is 10.6. The van der Waals surface area contributed by atoms with Crippen molar-refractivity contribution >= 4 is 11.8 Å². The number of carbonyl (C=O) groups is 2. The van der Waals surface area contributed by atoms with Gasteiger partial charge in [-0.2, -0.15) is 0 Å². The molecule has 1 aliphatic carbocycles. The van der Waals surface area contributed by atoms with Gasteiger partial charge in [-0.15, -0.1) is 0 Å². The van der Waals surface area contributed by atoms with Crippen LogP contribution in [0.1, 0.15) is 69.5 Å². The van der Waals surface area contributed by atoms with Crippen LogP contribution < -0.4 is 18.9 Å². The van der Waals surface area contributed by atoms with Crippen molar-refractivity contribution in [3.05, 3.63) is 47.5 Å². The number of hydrogen-bond acceptors (Lipinski definition) is 6. The van der Waals surface area contributed by atoms with Gasteiger partial charge < -0.3 is 28.7 Å². The predicted molar refractivity (Wildman–Crippen MR) is 150 cm³/mol. The van der Waals surface area contributed by atoms with E-state index in [1.165, 1.54) is 12.8 Å². The van der Waals surface area contributed by atoms with Crippen molar-refractivity contribution < 1.29 is 28.5 Å². The molecule has 0 aromatic heterocycles. The number of hydrogen-bond donors (Lipinski definition) is 0. The van der Waals surface area contributed by atoms with E-state index in [0.717, 1.165) is 36.8 Å². The molecule has 0 unspecified atom stereocenters. The third kappa shape index (κ3) is 6.60. The molecule has 1 aliphatic heterocycles. The lowest BCUT2D eigenvalue weighted by atomic mass is 9.96. The van der Waals surface area contributed by atoms with Gasteiger partial charge in [-0.25, -0.2) is 0 Å². The van der Waals surface area contributed by atoms with Crippen LogP contribution >= 0.6 is 0 Å². The minimum Gasteiger partial charge on any atom is -0.493 e. The molecule has 2 aromatic rings. The van der Waals surface area contributed by atoms with Crippen LogP contribution in [-0.4, -0.2) is 68.2 Å². The van der Waals surface area contributed by atoms with E-state index in [-0.39, 0.29) is 30.5 Å². The van der Waals surface area contributed by atoms with E-state index in [4.69, 9.17) is 18.9 Å². The van der Waals surface area contributed by atoms with Crippen LogP contribution in [-0.2, 0) is 16.0 Å². The Labute approximate surface area is 232 Å². The van der Waals surface area contributed by atoms with E-state index in [1.54, 1.807) is 26.2 Å². The molecule has 2 aromatic carbocycles. The normalized spacial score (nSPS) is 18.8. The summed E-state index contributed by atoms with van der Waals surface area (Å²) >= 11 is 0. The molecule has 1 heterocycles. The highest BCUT2D eigenvalue weighted by molar-refractivity contribution is 5.96. The number of rotatable bonds is 10. The van der Waals surface area contributed by atoms with E-state index in [9.17, 15) is 9.59 Å². The summed E-state index contributed by atoms with van der Waals surface area (Å²) in [5, 5.41) is 0. The van der Waals surface area contributed by atoms with Gasteiger partial charge in [0.15, 0.2) is 23.0 Å². The van der Waals surface area contributed by atoms with Crippen LogP contribution in [0.15, 0.2) is 36.4 Å². The summed E-state index contributed by atoms with van der Waals surface area (Å²) in [6.07, 6.45) is 6.99. The molecule has 4 rings (SSSR count). The van der Waals surface area contributed by atoms with Crippen molar-refractivity contribution in [2.45, 2.75) is 77.0 Å². The molecule has 0 bridgehead atoms. The van der Waals surface area contributed by atoms with Crippen molar-refractivity contribution in [1.29, 1.82) is 0 Å². The van der Waals surface area contributed by atoms with Gasteiger partial charge in [-0.3, -0.25) is 9.59 Å². The number of amides is 2. The van der Waals surface area contributed by atoms with Crippen LogP contribution in [0, 0.1) is 0 Å². The zero-order valence-corrected chi connectivity index (χ0v) is 23.9. The molecule has 0 N–H and O–H groups in total. The van der Waals surface area contributed by atoms with Crippen LogP contribution in [0.4, 0.5) is 0 Å². The maximum Gasteiger partial charge on any atom is 0.250 e. The van der Waals surface area contributed by atoms with E-state index in [1.807, 2.05) is 55.1 Å². The Bertz CT molecular complexity index is 1140. The van der Waals surface area contributed by atoms with Crippen LogP contribution in [0.2, 0.25) is 0 Å². The number of piperazine rings is 1. The van der Waals surface area contributed by atoms with Crippen molar-refractivity contribution in [1.82, 2.24) is 9.80 Å². The first-order valence-corrected chi connectivity index (χ1v) is 14.0. The summed E-state index contributed by atoms with van der Waals surface area (Å²) in [7, 11) is 4.80. The minimum atomic E-state index is -0.725. The summed E-state index contributed by atoms with van der Waals surface area (Å²) in [5.74, 6) is 2.39. The quantitative estimate of drug-likeness (QED) is 0.388. The van der Waals surface area contributed by atoms with Gasteiger partial charge >= 0.3 is 0 Å². The summed E-state index contributed by atoms with van der Waals surface area (Å²) in [6.45, 7) is 4.43. The highest BCUT2D eigenvalue weighted by Crippen LogP contribution is 2.37. The average molecular weight is 539 g/mol. The molecular weight excluding hydrogens is 496 g/mol. The second-order valence-corrected chi connectivity index (χ2v) is 10.6. The molecule has 8 nitrogen and oxygen atoms in total. The fourth-order valence-corrected chi connectivity index (χ4v) is 5.69. The van der Waals surface area contributed by atoms with Gasteiger partial charge in [0.05, 0.1) is 27.4 Å². The Morgan fingerprint density at radius 1 is 0.821 bits per heavy atom. The molecule has 2 amide bonds. The molecule has 2 aliphatic rings. The zero-order valence-electron chi connectivity index (χ0n) is 23.9. The molecule has 39 heavy (non-hydrogen) atoms. The average Bonchev–Trinajstić information content (AvgIpc) is 3.22. The Kier molecular flexibility index (Phi) is 9.59. The highest BCUT2D eigenvalue weighted by atomic mass is 16.5. The predicted octanol–water partition coefficient (Wildman–Crippen LogP) is 5.18. The molecule has 1 saturated carbocycles. The molecule has 1 saturated heterocycles. The van der Waals surface area contributed by atoms with Crippen LogP contribution in [0.25, 0.3) is 0 Å². The molecule has 0 radical (unpaired) electrons.